The van der Waals surface area contributed by atoms with Crippen LogP contribution in [-0.4, -0.2) is 81.7 Å². The molecule has 0 unspecified atom stereocenters. The van der Waals surface area contributed by atoms with Crippen LogP contribution >= 0.6 is 11.6 Å². The first-order valence-corrected chi connectivity index (χ1v) is 12.8. The molecular formula is C27H29ClN4O4. The number of morpholine rings is 1. The van der Waals surface area contributed by atoms with Crippen molar-refractivity contribution in [1.29, 1.82) is 0 Å². The van der Waals surface area contributed by atoms with Gasteiger partial charge in [0.2, 0.25) is 0 Å². The fourth-order valence-corrected chi connectivity index (χ4v) is 6.17. The average Bonchev–Trinajstić information content (AvgIpc) is 3.30. The van der Waals surface area contributed by atoms with Gasteiger partial charge in [0.15, 0.2) is 0 Å². The lowest BCUT2D eigenvalue weighted by atomic mass is 9.81. The highest BCUT2D eigenvalue weighted by molar-refractivity contribution is 6.31. The number of imide groups is 1. The molecule has 6 rings (SSSR count). The van der Waals surface area contributed by atoms with Gasteiger partial charge in [-0.15, -0.1) is 0 Å². The first kappa shape index (κ1) is 23.3. The summed E-state index contributed by atoms with van der Waals surface area (Å²) in [6.45, 7) is 6.22. The van der Waals surface area contributed by atoms with E-state index in [0.29, 0.717) is 24.4 Å². The Morgan fingerprint density at radius 3 is 2.72 bits per heavy atom. The third-order valence-electron chi connectivity index (χ3n) is 7.77. The third kappa shape index (κ3) is 3.67. The molecule has 9 heteroatoms. The third-order valence-corrected chi connectivity index (χ3v) is 8.01. The Kier molecular flexibility index (Phi) is 5.70. The quantitative estimate of drug-likeness (QED) is 0.510. The maximum absolute atomic E-state index is 13.9. The van der Waals surface area contributed by atoms with Crippen molar-refractivity contribution in [3.05, 3.63) is 64.3 Å². The van der Waals surface area contributed by atoms with Crippen LogP contribution in [0.4, 0.5) is 4.79 Å². The van der Waals surface area contributed by atoms with E-state index in [-0.39, 0.29) is 17.7 Å². The number of amides is 3. The van der Waals surface area contributed by atoms with Crippen LogP contribution < -0.4 is 0 Å². The molecule has 3 aliphatic heterocycles. The number of aromatic hydroxyl groups is 1. The second-order valence-corrected chi connectivity index (χ2v) is 10.5. The van der Waals surface area contributed by atoms with E-state index in [1.807, 2.05) is 31.2 Å². The molecule has 2 saturated heterocycles. The number of benzene rings is 2. The molecule has 188 valence electrons. The molecule has 3 aromatic rings. The van der Waals surface area contributed by atoms with Crippen molar-refractivity contribution in [2.45, 2.75) is 31.3 Å². The van der Waals surface area contributed by atoms with E-state index < -0.39 is 11.6 Å². The number of rotatable bonds is 5. The minimum atomic E-state index is -1.05. The van der Waals surface area contributed by atoms with Crippen molar-refractivity contribution in [1.82, 2.24) is 19.7 Å². The minimum Gasteiger partial charge on any atom is -0.508 e. The maximum Gasteiger partial charge on any atom is 0.328 e. The summed E-state index contributed by atoms with van der Waals surface area (Å²) in [4.78, 5) is 36.7. The highest BCUT2D eigenvalue weighted by Crippen LogP contribution is 2.49. The molecule has 4 heterocycles. The van der Waals surface area contributed by atoms with Crippen molar-refractivity contribution >= 4 is 34.4 Å². The number of aromatic nitrogens is 1. The van der Waals surface area contributed by atoms with Gasteiger partial charge in [0.1, 0.15) is 17.3 Å². The van der Waals surface area contributed by atoms with E-state index >= 15 is 0 Å². The second-order valence-electron chi connectivity index (χ2n) is 10.1. The Bertz CT molecular complexity index is 1350. The van der Waals surface area contributed by atoms with Crippen LogP contribution in [0.1, 0.15) is 36.2 Å². The summed E-state index contributed by atoms with van der Waals surface area (Å²) in [6, 6.07) is 11.7. The molecule has 2 N–H and O–H groups in total. The average molecular weight is 509 g/mol. The molecule has 0 saturated carbocycles. The zero-order valence-electron chi connectivity index (χ0n) is 20.2. The smallest absolute Gasteiger partial charge is 0.328 e. The van der Waals surface area contributed by atoms with Crippen LogP contribution in [0.15, 0.2) is 42.5 Å². The number of halogens is 1. The molecule has 0 radical (unpaired) electrons. The molecule has 1 aromatic heterocycles. The van der Waals surface area contributed by atoms with Gasteiger partial charge in [0.25, 0.3) is 5.91 Å². The molecule has 3 amide bonds. The summed E-state index contributed by atoms with van der Waals surface area (Å²) in [7, 11) is 0. The number of hydrogen-bond donors (Lipinski definition) is 2. The number of H-pyrrole nitrogens is 1. The lowest BCUT2D eigenvalue weighted by Gasteiger charge is -2.42. The molecule has 8 nitrogen and oxygen atoms in total. The van der Waals surface area contributed by atoms with Crippen molar-refractivity contribution in [2.24, 2.45) is 0 Å². The van der Waals surface area contributed by atoms with E-state index in [1.165, 1.54) is 4.90 Å². The fraction of sp³-hybridized carbons (Fsp3) is 0.407. The predicted molar refractivity (Wildman–Crippen MR) is 136 cm³/mol. The first-order valence-electron chi connectivity index (χ1n) is 12.4. The number of fused-ring (bicyclic) bond motifs is 4. The number of urea groups is 1. The number of nitrogens with zero attached hydrogens (tertiary/aromatic N) is 3. The minimum absolute atomic E-state index is 0.112. The van der Waals surface area contributed by atoms with Gasteiger partial charge in [-0.25, -0.2) is 4.79 Å². The number of hydrogen-bond acceptors (Lipinski definition) is 5. The lowest BCUT2D eigenvalue weighted by Crippen LogP contribution is -2.53. The number of carbonyl (C=O) groups is 2. The summed E-state index contributed by atoms with van der Waals surface area (Å²) >= 11 is 6.34. The van der Waals surface area contributed by atoms with Crippen LogP contribution in [0.2, 0.25) is 5.02 Å². The zero-order chi connectivity index (χ0) is 25.0. The molecule has 0 aliphatic carbocycles. The molecule has 2 fully saturated rings. The topological polar surface area (TPSA) is 89.1 Å². The van der Waals surface area contributed by atoms with E-state index in [1.54, 1.807) is 23.1 Å². The summed E-state index contributed by atoms with van der Waals surface area (Å²) in [5, 5.41) is 11.8. The first-order chi connectivity index (χ1) is 17.4. The maximum atomic E-state index is 13.9. The van der Waals surface area contributed by atoms with Gasteiger partial charge in [-0.1, -0.05) is 23.7 Å². The van der Waals surface area contributed by atoms with Crippen LogP contribution in [-0.2, 0) is 16.0 Å². The van der Waals surface area contributed by atoms with E-state index in [9.17, 15) is 14.7 Å². The highest BCUT2D eigenvalue weighted by Gasteiger charge is 2.60. The van der Waals surface area contributed by atoms with Crippen LogP contribution in [0.3, 0.4) is 0 Å². The number of nitrogens with one attached hydrogen (secondary N) is 1. The fourth-order valence-electron chi connectivity index (χ4n) is 6.00. The van der Waals surface area contributed by atoms with Gasteiger partial charge in [-0.05, 0) is 54.8 Å². The second kappa shape index (κ2) is 8.80. The van der Waals surface area contributed by atoms with Crippen LogP contribution in [0.5, 0.6) is 5.75 Å². The molecule has 0 bridgehead atoms. The Labute approximate surface area is 214 Å². The van der Waals surface area contributed by atoms with Crippen LogP contribution in [0, 0.1) is 0 Å². The molecule has 2 aromatic carbocycles. The van der Waals surface area contributed by atoms with Crippen molar-refractivity contribution in [3.63, 3.8) is 0 Å². The Morgan fingerprint density at radius 2 is 1.94 bits per heavy atom. The predicted octanol–water partition coefficient (Wildman–Crippen LogP) is 3.92. The Hall–Kier alpha value is -3.07. The van der Waals surface area contributed by atoms with Gasteiger partial charge in [0, 0.05) is 54.2 Å². The van der Waals surface area contributed by atoms with E-state index in [4.69, 9.17) is 16.3 Å². The number of carbonyl (C=O) groups excluding carboxylic acids is 2. The number of ether oxygens (including phenoxy) is 1. The van der Waals surface area contributed by atoms with Gasteiger partial charge >= 0.3 is 6.03 Å². The lowest BCUT2D eigenvalue weighted by molar-refractivity contribution is -0.133. The summed E-state index contributed by atoms with van der Waals surface area (Å²) in [5.74, 6) is -0.0671. The molecule has 2 atom stereocenters. The Morgan fingerprint density at radius 1 is 1.14 bits per heavy atom. The largest absolute Gasteiger partial charge is 0.508 e. The standard InChI is InChI=1S/C27H29ClN4O4/c1-27-16-21-20-15-18(28)6-7-22(20)29-23(21)24(17-4-2-5-19(33)14-17)32(27)26(35)31(25(27)34)9-3-8-30-10-12-36-13-11-30/h2,4-7,14-15,24,29,33H,3,8-13,16H2,1H3/t24-,27+/m1/s1. The normalized spacial score (nSPS) is 24.4. The van der Waals surface area contributed by atoms with Gasteiger partial charge < -0.3 is 14.8 Å². The molecule has 3 aliphatic rings. The van der Waals surface area contributed by atoms with Crippen molar-refractivity contribution in [3.8, 4) is 5.75 Å². The Balaban J connectivity index is 1.39. The number of aromatic amines is 1. The van der Waals surface area contributed by atoms with Crippen molar-refractivity contribution < 1.29 is 19.4 Å². The van der Waals surface area contributed by atoms with Gasteiger partial charge in [0.05, 0.1) is 13.2 Å². The van der Waals surface area contributed by atoms with Gasteiger partial charge in [-0.3, -0.25) is 19.5 Å². The summed E-state index contributed by atoms with van der Waals surface area (Å²) in [5.41, 5.74) is 2.44. The number of phenols is 1. The number of phenolic OH excluding ortho intramolecular Hbond substituents is 1. The highest BCUT2D eigenvalue weighted by atomic mass is 35.5. The molecular weight excluding hydrogens is 480 g/mol. The van der Waals surface area contributed by atoms with E-state index in [0.717, 1.165) is 60.6 Å². The molecule has 36 heavy (non-hydrogen) atoms. The van der Waals surface area contributed by atoms with Crippen molar-refractivity contribution in [2.75, 3.05) is 39.4 Å². The van der Waals surface area contributed by atoms with Gasteiger partial charge in [-0.2, -0.15) is 0 Å². The van der Waals surface area contributed by atoms with E-state index in [2.05, 4.69) is 9.88 Å². The van der Waals surface area contributed by atoms with Crippen LogP contribution in [0.25, 0.3) is 10.9 Å². The zero-order valence-corrected chi connectivity index (χ0v) is 20.9. The monoisotopic (exact) mass is 508 g/mol. The molecule has 0 spiro atoms. The SMILES string of the molecule is C[C@@]12Cc3c([nH]c4ccc(Cl)cc34)[C@@H](c3cccc(O)c3)N1C(=O)N(CCCN1CCOCC1)C2=O. The summed E-state index contributed by atoms with van der Waals surface area (Å²) in [6.07, 6.45) is 1.10. The summed E-state index contributed by atoms with van der Waals surface area (Å²) < 4.78 is 5.42.